The highest BCUT2D eigenvalue weighted by Crippen LogP contribution is 2.35. The number of hydrogen-bond donors (Lipinski definition) is 1. The lowest BCUT2D eigenvalue weighted by Gasteiger charge is -2.14. The van der Waals surface area contributed by atoms with Crippen molar-refractivity contribution < 1.29 is 31.8 Å². The number of aromatic nitrogens is 1. The molecule has 3 nitrogen and oxygen atoms in total. The molecular weight excluding hydrogens is 317 g/mol. The maximum Gasteiger partial charge on any atom is 0.573 e. The normalized spacial score (nSPS) is 12.0. The molecule has 1 heterocycles. The fourth-order valence-electron chi connectivity index (χ4n) is 1.01. The smallest absolute Gasteiger partial charge is 0.403 e. The second-order valence-electron chi connectivity index (χ2n) is 2.81. The molecule has 1 aromatic rings. The molecule has 0 bridgehead atoms. The fraction of sp³-hybridized carbons (Fsp3) is 0.375. The van der Waals surface area contributed by atoms with E-state index in [1.165, 1.54) is 0 Å². The molecule has 0 saturated carbocycles. The zero-order chi connectivity index (χ0) is 13.2. The highest BCUT2D eigenvalue weighted by molar-refractivity contribution is 9.10. The summed E-state index contributed by atoms with van der Waals surface area (Å²) < 4.78 is 63.8. The van der Waals surface area contributed by atoms with Crippen LogP contribution in [0.15, 0.2) is 10.5 Å². The van der Waals surface area contributed by atoms with E-state index in [-0.39, 0.29) is 4.47 Å². The van der Waals surface area contributed by atoms with Crippen molar-refractivity contribution in [2.75, 3.05) is 0 Å². The highest BCUT2D eigenvalue weighted by atomic mass is 79.9. The lowest BCUT2D eigenvalue weighted by molar-refractivity contribution is -0.275. The maximum atomic E-state index is 12.3. The van der Waals surface area contributed by atoms with Crippen LogP contribution in [-0.4, -0.2) is 16.5 Å². The standard InChI is InChI=1S/C8H5BrF5NO2/c9-3-1-4(7(10)11)15-5(2-16)6(3)17-8(12,13)14/h1,7,16H,2H2. The van der Waals surface area contributed by atoms with E-state index in [0.717, 1.165) is 0 Å². The molecule has 0 atom stereocenters. The third-order valence-corrected chi connectivity index (χ3v) is 2.20. The second-order valence-corrected chi connectivity index (χ2v) is 3.67. The van der Waals surface area contributed by atoms with Crippen molar-refractivity contribution in [3.63, 3.8) is 0 Å². The van der Waals surface area contributed by atoms with Crippen molar-refractivity contribution in [1.29, 1.82) is 0 Å². The largest absolute Gasteiger partial charge is 0.573 e. The summed E-state index contributed by atoms with van der Waals surface area (Å²) in [5.41, 5.74) is -1.37. The minimum absolute atomic E-state index is 0.357. The van der Waals surface area contributed by atoms with Gasteiger partial charge in [-0.1, -0.05) is 0 Å². The van der Waals surface area contributed by atoms with Crippen LogP contribution >= 0.6 is 15.9 Å². The van der Waals surface area contributed by atoms with Crippen LogP contribution < -0.4 is 4.74 Å². The molecule has 17 heavy (non-hydrogen) atoms. The van der Waals surface area contributed by atoms with Crippen LogP contribution in [-0.2, 0) is 6.61 Å². The van der Waals surface area contributed by atoms with Crippen molar-refractivity contribution in [3.05, 3.63) is 21.9 Å². The third kappa shape index (κ3) is 3.77. The van der Waals surface area contributed by atoms with Gasteiger partial charge in [-0.15, -0.1) is 13.2 Å². The minimum Gasteiger partial charge on any atom is -0.403 e. The molecule has 0 saturated heterocycles. The first-order valence-electron chi connectivity index (χ1n) is 4.08. The SMILES string of the molecule is OCc1nc(C(F)F)cc(Br)c1OC(F)(F)F. The van der Waals surface area contributed by atoms with Crippen LogP contribution in [0.25, 0.3) is 0 Å². The molecule has 1 aromatic heterocycles. The van der Waals surface area contributed by atoms with Gasteiger partial charge < -0.3 is 9.84 Å². The predicted molar refractivity (Wildman–Crippen MR) is 49.5 cm³/mol. The number of rotatable bonds is 3. The van der Waals surface area contributed by atoms with E-state index in [4.69, 9.17) is 5.11 Å². The Bertz CT molecular complexity index is 410. The number of ether oxygens (including phenoxy) is 1. The predicted octanol–water partition coefficient (Wildman–Crippen LogP) is 3.17. The average molecular weight is 322 g/mol. The van der Waals surface area contributed by atoms with Crippen molar-refractivity contribution in [2.45, 2.75) is 19.4 Å². The van der Waals surface area contributed by atoms with E-state index < -0.39 is 36.5 Å². The summed E-state index contributed by atoms with van der Waals surface area (Å²) in [4.78, 5) is 3.18. The van der Waals surface area contributed by atoms with Crippen LogP contribution in [0.1, 0.15) is 17.8 Å². The van der Waals surface area contributed by atoms with E-state index in [0.29, 0.717) is 6.07 Å². The van der Waals surface area contributed by atoms with Crippen LogP contribution in [0.5, 0.6) is 5.75 Å². The summed E-state index contributed by atoms with van der Waals surface area (Å²) in [6.45, 7) is -0.954. The molecule has 0 aliphatic carbocycles. The fourth-order valence-corrected chi connectivity index (χ4v) is 1.56. The zero-order valence-electron chi connectivity index (χ0n) is 7.93. The Hall–Kier alpha value is -0.960. The highest BCUT2D eigenvalue weighted by Gasteiger charge is 2.34. The van der Waals surface area contributed by atoms with Gasteiger partial charge in [0.05, 0.1) is 11.1 Å². The van der Waals surface area contributed by atoms with E-state index in [1.807, 2.05) is 0 Å². The molecule has 0 aromatic carbocycles. The topological polar surface area (TPSA) is 42.4 Å². The van der Waals surface area contributed by atoms with Crippen LogP contribution in [0.3, 0.4) is 0 Å². The molecule has 1 rings (SSSR count). The molecular formula is C8H5BrF5NO2. The summed E-state index contributed by atoms with van der Waals surface area (Å²) in [5, 5.41) is 8.77. The maximum absolute atomic E-state index is 12.3. The van der Waals surface area contributed by atoms with Crippen molar-refractivity contribution in [2.24, 2.45) is 0 Å². The molecule has 0 aliphatic rings. The molecule has 0 spiro atoms. The summed E-state index contributed by atoms with van der Waals surface area (Å²) in [7, 11) is 0. The molecule has 0 radical (unpaired) electrons. The third-order valence-electron chi connectivity index (χ3n) is 1.61. The van der Waals surface area contributed by atoms with Crippen LogP contribution in [0.2, 0.25) is 0 Å². The number of halogens is 6. The Kier molecular flexibility index (Phi) is 4.26. The van der Waals surface area contributed by atoms with Gasteiger partial charge in [0.15, 0.2) is 5.75 Å². The Morgan fingerprint density at radius 2 is 2.00 bits per heavy atom. The van der Waals surface area contributed by atoms with Gasteiger partial charge >= 0.3 is 6.36 Å². The zero-order valence-corrected chi connectivity index (χ0v) is 9.52. The second kappa shape index (κ2) is 5.13. The number of pyridine rings is 1. The lowest BCUT2D eigenvalue weighted by atomic mass is 10.3. The van der Waals surface area contributed by atoms with Gasteiger partial charge in [0, 0.05) is 0 Å². The molecule has 9 heteroatoms. The van der Waals surface area contributed by atoms with Crippen LogP contribution in [0, 0.1) is 0 Å². The molecule has 1 N–H and O–H groups in total. The molecule has 0 amide bonds. The summed E-state index contributed by atoms with van der Waals surface area (Å²) in [6.07, 6.45) is -7.96. The first-order chi connectivity index (χ1) is 7.74. The summed E-state index contributed by atoms with van der Waals surface area (Å²) in [6, 6.07) is 0.699. The average Bonchev–Trinajstić information content (AvgIpc) is 2.18. The van der Waals surface area contributed by atoms with E-state index in [9.17, 15) is 22.0 Å². The van der Waals surface area contributed by atoms with Gasteiger partial charge in [-0.25, -0.2) is 13.8 Å². The quantitative estimate of drug-likeness (QED) is 0.869. The Balaban J connectivity index is 3.21. The monoisotopic (exact) mass is 321 g/mol. The summed E-state index contributed by atoms with van der Waals surface area (Å²) in [5.74, 6) is -0.829. The van der Waals surface area contributed by atoms with Gasteiger partial charge in [0.25, 0.3) is 6.43 Å². The van der Waals surface area contributed by atoms with E-state index in [2.05, 4.69) is 25.7 Å². The molecule has 96 valence electrons. The Labute approximate surface area is 100 Å². The van der Waals surface area contributed by atoms with Gasteiger partial charge in [-0.05, 0) is 22.0 Å². The first-order valence-corrected chi connectivity index (χ1v) is 4.88. The number of nitrogens with zero attached hydrogens (tertiary/aromatic N) is 1. The minimum atomic E-state index is -5.00. The van der Waals surface area contributed by atoms with Crippen molar-refractivity contribution >= 4 is 15.9 Å². The molecule has 0 aliphatic heterocycles. The molecule has 0 fully saturated rings. The summed E-state index contributed by atoms with van der Waals surface area (Å²) >= 11 is 2.65. The molecule has 0 unspecified atom stereocenters. The van der Waals surface area contributed by atoms with Gasteiger partial charge in [0.1, 0.15) is 11.4 Å². The van der Waals surface area contributed by atoms with Crippen LogP contribution in [0.4, 0.5) is 22.0 Å². The Morgan fingerprint density at radius 1 is 1.41 bits per heavy atom. The van der Waals surface area contributed by atoms with Gasteiger partial charge in [-0.3, -0.25) is 0 Å². The number of alkyl halides is 5. The van der Waals surface area contributed by atoms with Crippen molar-refractivity contribution in [1.82, 2.24) is 4.98 Å². The van der Waals surface area contributed by atoms with Crippen molar-refractivity contribution in [3.8, 4) is 5.75 Å². The lowest BCUT2D eigenvalue weighted by Crippen LogP contribution is -2.19. The van der Waals surface area contributed by atoms with E-state index >= 15 is 0 Å². The number of aliphatic hydroxyl groups is 1. The number of aliphatic hydroxyl groups excluding tert-OH is 1. The first kappa shape index (κ1) is 14.1. The van der Waals surface area contributed by atoms with Gasteiger partial charge in [0.2, 0.25) is 0 Å². The Morgan fingerprint density at radius 3 is 2.41 bits per heavy atom. The number of hydrogen-bond acceptors (Lipinski definition) is 3. The van der Waals surface area contributed by atoms with Gasteiger partial charge in [-0.2, -0.15) is 0 Å². The van der Waals surface area contributed by atoms with E-state index in [1.54, 1.807) is 0 Å².